The van der Waals surface area contributed by atoms with Gasteiger partial charge in [-0.2, -0.15) is 5.10 Å². The van der Waals surface area contributed by atoms with Gasteiger partial charge < -0.3 is 0 Å². The quantitative estimate of drug-likeness (QED) is 0.257. The number of H-pyrrole nitrogens is 1. The zero-order chi connectivity index (χ0) is 20.2. The maximum absolute atomic E-state index is 12.7. The molecule has 4 rings (SSSR count). The molecule has 0 saturated carbocycles. The molecular formula is C21H20AsN5OS. The van der Waals surface area contributed by atoms with Crippen LogP contribution < -0.4 is 9.67 Å². The van der Waals surface area contributed by atoms with Crippen molar-refractivity contribution in [3.63, 3.8) is 0 Å². The third-order valence-electron chi connectivity index (χ3n) is 4.42. The van der Waals surface area contributed by atoms with Gasteiger partial charge in [0.1, 0.15) is 6.33 Å². The molecule has 29 heavy (non-hydrogen) atoms. The van der Waals surface area contributed by atoms with Gasteiger partial charge in [0.05, 0.1) is 11.6 Å². The number of rotatable bonds is 6. The van der Waals surface area contributed by atoms with Gasteiger partial charge in [0, 0.05) is 0 Å². The van der Waals surface area contributed by atoms with Crippen molar-refractivity contribution in [1.82, 2.24) is 20.2 Å². The Bertz CT molecular complexity index is 1140. The van der Waals surface area contributed by atoms with E-state index in [1.54, 1.807) is 18.0 Å². The molecule has 0 atom stereocenters. The normalized spacial score (nSPS) is 11.1. The third-order valence-corrected chi connectivity index (χ3v) is 8.29. The average Bonchev–Trinajstić information content (AvgIpc) is 3.22. The molecule has 0 aliphatic rings. The number of fused-ring (bicyclic) bond motifs is 1. The van der Waals surface area contributed by atoms with Crippen LogP contribution in [0.15, 0.2) is 66.1 Å². The molecule has 2 aromatic carbocycles. The SMILES string of the molecule is C[As](C)c1ccc(NC(=O)c2cccc(CSc3ncnc4[nH]ncc34)c2)cc1. The van der Waals surface area contributed by atoms with Gasteiger partial charge in [-0.05, 0) is 0 Å². The van der Waals surface area contributed by atoms with E-state index in [4.69, 9.17) is 0 Å². The van der Waals surface area contributed by atoms with E-state index in [2.05, 4.69) is 49.0 Å². The van der Waals surface area contributed by atoms with Gasteiger partial charge in [0.25, 0.3) is 0 Å². The first-order valence-electron chi connectivity index (χ1n) is 9.05. The monoisotopic (exact) mass is 465 g/mol. The number of amides is 1. The third kappa shape index (κ3) is 4.69. The van der Waals surface area contributed by atoms with Gasteiger partial charge in [-0.25, -0.2) is 9.97 Å². The molecule has 2 N–H and O–H groups in total. The summed E-state index contributed by atoms with van der Waals surface area (Å²) in [6.07, 6.45) is 3.26. The van der Waals surface area contributed by atoms with E-state index in [-0.39, 0.29) is 5.91 Å². The van der Waals surface area contributed by atoms with Crippen LogP contribution in [0.4, 0.5) is 5.69 Å². The Labute approximate surface area is 177 Å². The predicted molar refractivity (Wildman–Crippen MR) is 119 cm³/mol. The summed E-state index contributed by atoms with van der Waals surface area (Å²) in [4.78, 5) is 21.2. The van der Waals surface area contributed by atoms with E-state index in [0.29, 0.717) is 11.3 Å². The number of nitrogens with zero attached hydrogens (tertiary/aromatic N) is 3. The first-order chi connectivity index (χ1) is 14.1. The Morgan fingerprint density at radius 1 is 1.14 bits per heavy atom. The molecule has 2 aromatic heterocycles. The number of hydrogen-bond acceptors (Lipinski definition) is 5. The standard InChI is InChI=1S/C21H20AsN5OS/c1-22(2)16-6-8-17(9-7-16)26-20(28)15-5-3-4-14(10-15)12-29-21-18-11-25-27-19(18)23-13-24-21/h3-11,13H,12H2,1-2H3,(H,26,28)(H,23,24,25,27). The fraction of sp³-hybridized carbons (Fsp3) is 0.143. The van der Waals surface area contributed by atoms with Crippen molar-refractivity contribution in [2.45, 2.75) is 22.2 Å². The van der Waals surface area contributed by atoms with Crippen LogP contribution in [0, 0.1) is 0 Å². The number of nitrogens with one attached hydrogen (secondary N) is 2. The molecule has 0 spiro atoms. The van der Waals surface area contributed by atoms with Crippen LogP contribution in [0.5, 0.6) is 0 Å². The van der Waals surface area contributed by atoms with Crippen molar-refractivity contribution in [2.75, 3.05) is 5.32 Å². The number of carbonyl (C=O) groups is 1. The molecule has 6 nitrogen and oxygen atoms in total. The molecular weight excluding hydrogens is 445 g/mol. The fourth-order valence-corrected chi connectivity index (χ4v) is 5.33. The van der Waals surface area contributed by atoms with Crippen LogP contribution >= 0.6 is 11.8 Å². The van der Waals surface area contributed by atoms with Gasteiger partial charge in [-0.15, -0.1) is 0 Å². The molecule has 2 heterocycles. The molecule has 0 aliphatic heterocycles. The number of aromatic amines is 1. The number of hydrogen-bond donors (Lipinski definition) is 2. The molecule has 0 bridgehead atoms. The number of thioether (sulfide) groups is 1. The van der Waals surface area contributed by atoms with Crippen molar-refractivity contribution in [2.24, 2.45) is 0 Å². The van der Waals surface area contributed by atoms with Crippen LogP contribution in [0.2, 0.25) is 11.4 Å². The zero-order valence-corrected chi connectivity index (χ0v) is 18.8. The summed E-state index contributed by atoms with van der Waals surface area (Å²) in [6.45, 7) is 0. The molecule has 0 saturated heterocycles. The van der Waals surface area contributed by atoms with Crippen LogP contribution in [-0.4, -0.2) is 40.7 Å². The molecule has 0 radical (unpaired) electrons. The predicted octanol–water partition coefficient (Wildman–Crippen LogP) is 3.86. The number of benzene rings is 2. The number of carbonyl (C=O) groups excluding carboxylic acids is 1. The van der Waals surface area contributed by atoms with Gasteiger partial charge in [-0.1, -0.05) is 0 Å². The van der Waals surface area contributed by atoms with Crippen molar-refractivity contribution in [1.29, 1.82) is 0 Å². The van der Waals surface area contributed by atoms with Crippen molar-refractivity contribution >= 4 is 53.4 Å². The van der Waals surface area contributed by atoms with Crippen LogP contribution in [0.25, 0.3) is 11.0 Å². The van der Waals surface area contributed by atoms with E-state index in [1.165, 1.54) is 10.7 Å². The Morgan fingerprint density at radius 2 is 1.97 bits per heavy atom. The summed E-state index contributed by atoms with van der Waals surface area (Å²) in [5.74, 6) is 0.595. The molecule has 146 valence electrons. The minimum atomic E-state index is -0.892. The van der Waals surface area contributed by atoms with E-state index in [9.17, 15) is 4.79 Å². The maximum atomic E-state index is 12.7. The summed E-state index contributed by atoms with van der Waals surface area (Å²) in [5.41, 5.74) is 7.83. The first-order valence-corrected chi connectivity index (χ1v) is 14.7. The summed E-state index contributed by atoms with van der Waals surface area (Å²) < 4.78 is 1.39. The molecule has 4 aromatic rings. The van der Waals surface area contributed by atoms with Crippen molar-refractivity contribution in [3.8, 4) is 0 Å². The zero-order valence-electron chi connectivity index (χ0n) is 16.1. The fourth-order valence-electron chi connectivity index (χ4n) is 2.86. The number of aromatic nitrogens is 4. The Hall–Kier alpha value is -2.63. The van der Waals surface area contributed by atoms with Gasteiger partial charge in [0.2, 0.25) is 0 Å². The second-order valence-corrected chi connectivity index (χ2v) is 12.5. The van der Waals surface area contributed by atoms with Crippen molar-refractivity contribution < 1.29 is 4.79 Å². The van der Waals surface area contributed by atoms with Crippen LogP contribution in [-0.2, 0) is 5.75 Å². The van der Waals surface area contributed by atoms with E-state index >= 15 is 0 Å². The second kappa shape index (κ2) is 8.80. The molecule has 1 amide bonds. The molecule has 0 aliphatic carbocycles. The summed E-state index contributed by atoms with van der Waals surface area (Å²) in [7, 11) is 0. The summed E-state index contributed by atoms with van der Waals surface area (Å²) in [6, 6.07) is 15.9. The van der Waals surface area contributed by atoms with Crippen LogP contribution in [0.3, 0.4) is 0 Å². The van der Waals surface area contributed by atoms with E-state index in [1.807, 2.05) is 36.4 Å². The van der Waals surface area contributed by atoms with Crippen molar-refractivity contribution in [3.05, 3.63) is 72.2 Å². The van der Waals surface area contributed by atoms with Gasteiger partial charge in [0.15, 0.2) is 5.65 Å². The molecule has 0 fully saturated rings. The molecule has 0 unspecified atom stereocenters. The Morgan fingerprint density at radius 3 is 2.76 bits per heavy atom. The number of anilines is 1. The Balaban J connectivity index is 1.44. The van der Waals surface area contributed by atoms with Gasteiger partial charge in [-0.3, -0.25) is 5.10 Å². The first kappa shape index (κ1) is 19.7. The minimum absolute atomic E-state index is 0.105. The molecule has 8 heteroatoms. The van der Waals surface area contributed by atoms with Gasteiger partial charge >= 0.3 is 134 Å². The second-order valence-electron chi connectivity index (χ2n) is 6.70. The van der Waals surface area contributed by atoms with E-state index in [0.717, 1.165) is 27.3 Å². The average molecular weight is 465 g/mol. The van der Waals surface area contributed by atoms with Crippen LogP contribution in [0.1, 0.15) is 15.9 Å². The van der Waals surface area contributed by atoms with E-state index < -0.39 is 14.7 Å². The summed E-state index contributed by atoms with van der Waals surface area (Å²) in [5, 5.41) is 11.6. The summed E-state index contributed by atoms with van der Waals surface area (Å²) >= 11 is 0.706. The topological polar surface area (TPSA) is 83.6 Å². The Kier molecular flexibility index (Phi) is 5.97.